The van der Waals surface area contributed by atoms with E-state index in [1.807, 2.05) is 32.9 Å². The van der Waals surface area contributed by atoms with Crippen molar-refractivity contribution in [3.05, 3.63) is 24.3 Å². The minimum Gasteiger partial charge on any atom is -0.378 e. The molecular weight excluding hydrogens is 320 g/mol. The highest BCUT2D eigenvalue weighted by atomic mass is 16.5. The summed E-state index contributed by atoms with van der Waals surface area (Å²) < 4.78 is 5.67. The average Bonchev–Trinajstić information content (AvgIpc) is 3.01. The largest absolute Gasteiger partial charge is 0.378 e. The summed E-state index contributed by atoms with van der Waals surface area (Å²) in [4.78, 5) is 26.1. The summed E-state index contributed by atoms with van der Waals surface area (Å²) in [6.45, 7) is 7.76. The molecule has 3 amide bonds. The van der Waals surface area contributed by atoms with Crippen LogP contribution >= 0.6 is 0 Å². The van der Waals surface area contributed by atoms with Crippen molar-refractivity contribution in [3.63, 3.8) is 0 Å². The Labute approximate surface area is 147 Å². The minimum absolute atomic E-state index is 0.00990. The molecule has 1 aliphatic carbocycles. The average molecular weight is 346 g/mol. The fourth-order valence-corrected chi connectivity index (χ4v) is 3.51. The maximum absolute atomic E-state index is 12.7. The van der Waals surface area contributed by atoms with Gasteiger partial charge in [-0.1, -0.05) is 13.8 Å². The lowest BCUT2D eigenvalue weighted by Gasteiger charge is -2.57. The molecule has 2 aliphatic rings. The number of rotatable bonds is 5. The number of hydrogen-bond donors (Lipinski definition) is 3. The molecule has 3 rings (SSSR count). The van der Waals surface area contributed by atoms with Gasteiger partial charge < -0.3 is 21.1 Å². The Hall–Kier alpha value is -2.12. The number of nitrogens with zero attached hydrogens (tertiary/aromatic N) is 1. The van der Waals surface area contributed by atoms with Crippen LogP contribution in [0.15, 0.2) is 24.3 Å². The summed E-state index contributed by atoms with van der Waals surface area (Å²) in [5.74, 6) is -0.208. The Bertz CT molecular complexity index is 673. The maximum Gasteiger partial charge on any atom is 0.321 e. The molecule has 4 N–H and O–H groups in total. The number of hydrogen-bond acceptors (Lipinski definition) is 4. The molecule has 0 aromatic heterocycles. The molecule has 7 heteroatoms. The molecule has 136 valence electrons. The van der Waals surface area contributed by atoms with Crippen molar-refractivity contribution >= 4 is 23.3 Å². The first-order chi connectivity index (χ1) is 11.8. The molecule has 1 aromatic rings. The summed E-state index contributed by atoms with van der Waals surface area (Å²) in [5.41, 5.74) is 6.46. The maximum atomic E-state index is 12.7. The third kappa shape index (κ3) is 2.87. The lowest BCUT2D eigenvalue weighted by atomic mass is 9.54. The van der Waals surface area contributed by atoms with Crippen LogP contribution in [-0.2, 0) is 9.53 Å². The number of urea groups is 1. The second kappa shape index (κ2) is 6.31. The van der Waals surface area contributed by atoms with Crippen LogP contribution in [0.2, 0.25) is 0 Å². The zero-order valence-corrected chi connectivity index (χ0v) is 15.0. The third-order valence-corrected chi connectivity index (χ3v) is 5.53. The van der Waals surface area contributed by atoms with Gasteiger partial charge in [-0.2, -0.15) is 0 Å². The fourth-order valence-electron chi connectivity index (χ4n) is 3.51. The zero-order chi connectivity index (χ0) is 18.2. The van der Waals surface area contributed by atoms with Crippen molar-refractivity contribution in [2.24, 2.45) is 11.1 Å². The van der Waals surface area contributed by atoms with Crippen LogP contribution < -0.4 is 21.3 Å². The lowest BCUT2D eigenvalue weighted by molar-refractivity contribution is -0.166. The molecule has 1 saturated heterocycles. The second-order valence-corrected chi connectivity index (χ2v) is 7.23. The van der Waals surface area contributed by atoms with Crippen LogP contribution in [0.25, 0.3) is 0 Å². The van der Waals surface area contributed by atoms with Gasteiger partial charge in [0.2, 0.25) is 5.91 Å². The monoisotopic (exact) mass is 346 g/mol. The molecule has 1 saturated carbocycles. The summed E-state index contributed by atoms with van der Waals surface area (Å²) in [7, 11) is 0. The molecule has 2 unspecified atom stereocenters. The van der Waals surface area contributed by atoms with Gasteiger partial charge in [-0.05, 0) is 31.2 Å². The van der Waals surface area contributed by atoms with E-state index in [9.17, 15) is 9.59 Å². The summed E-state index contributed by atoms with van der Waals surface area (Å²) in [5, 5.41) is 5.66. The molecule has 1 aliphatic heterocycles. The van der Waals surface area contributed by atoms with E-state index in [1.165, 1.54) is 0 Å². The first kappa shape index (κ1) is 17.7. The van der Waals surface area contributed by atoms with Crippen LogP contribution in [0, 0.1) is 5.41 Å². The van der Waals surface area contributed by atoms with E-state index >= 15 is 0 Å². The van der Waals surface area contributed by atoms with Gasteiger partial charge in [0.15, 0.2) is 0 Å². The number of carbonyl (C=O) groups excluding carboxylic acids is 2. The van der Waals surface area contributed by atoms with Gasteiger partial charge in [-0.15, -0.1) is 0 Å². The predicted octanol–water partition coefficient (Wildman–Crippen LogP) is 1.69. The lowest BCUT2D eigenvalue weighted by Crippen LogP contribution is -2.74. The van der Waals surface area contributed by atoms with Gasteiger partial charge >= 0.3 is 6.03 Å². The van der Waals surface area contributed by atoms with E-state index < -0.39 is 11.0 Å². The smallest absolute Gasteiger partial charge is 0.321 e. The van der Waals surface area contributed by atoms with Gasteiger partial charge in [0.1, 0.15) is 5.54 Å². The van der Waals surface area contributed by atoms with Gasteiger partial charge in [-0.25, -0.2) is 4.79 Å². The first-order valence-corrected chi connectivity index (χ1v) is 8.67. The number of carbonyl (C=O) groups is 2. The van der Waals surface area contributed by atoms with E-state index in [0.717, 1.165) is 5.69 Å². The Balaban J connectivity index is 1.66. The standard InChI is InChI=1S/C18H26N4O3/c1-4-25-14-11-18(19,17(14,2)3)15(23)21-12-5-7-13(8-6-12)22-10-9-20-16(22)24/h5-8,14H,4,9-11,19H2,1-3H3,(H,20,24)(H,21,23). The second-order valence-electron chi connectivity index (χ2n) is 7.23. The minimum atomic E-state index is -0.958. The molecule has 25 heavy (non-hydrogen) atoms. The summed E-state index contributed by atoms with van der Waals surface area (Å²) in [6.07, 6.45) is 0.496. The van der Waals surface area contributed by atoms with Crippen molar-refractivity contribution in [1.82, 2.24) is 5.32 Å². The topological polar surface area (TPSA) is 96.7 Å². The Morgan fingerprint density at radius 1 is 1.40 bits per heavy atom. The van der Waals surface area contributed by atoms with Crippen molar-refractivity contribution < 1.29 is 14.3 Å². The van der Waals surface area contributed by atoms with E-state index in [1.54, 1.807) is 17.0 Å². The molecule has 0 bridgehead atoms. The summed E-state index contributed by atoms with van der Waals surface area (Å²) >= 11 is 0. The Morgan fingerprint density at radius 3 is 2.60 bits per heavy atom. The molecule has 7 nitrogen and oxygen atoms in total. The number of benzene rings is 1. The van der Waals surface area contributed by atoms with Gasteiger partial charge in [0.05, 0.1) is 6.10 Å². The van der Waals surface area contributed by atoms with E-state index in [-0.39, 0.29) is 18.0 Å². The van der Waals surface area contributed by atoms with Gasteiger partial charge in [-0.3, -0.25) is 9.69 Å². The SMILES string of the molecule is CCOC1CC(N)(C(=O)Nc2ccc(N3CCNC3=O)cc2)C1(C)C. The normalized spacial score (nSPS) is 27.6. The number of nitrogens with two attached hydrogens (primary N) is 1. The number of anilines is 2. The molecule has 1 heterocycles. The van der Waals surface area contributed by atoms with Crippen molar-refractivity contribution in [2.75, 3.05) is 29.9 Å². The molecular formula is C18H26N4O3. The van der Waals surface area contributed by atoms with Crippen LogP contribution in [0.4, 0.5) is 16.2 Å². The molecule has 2 fully saturated rings. The summed E-state index contributed by atoms with van der Waals surface area (Å²) in [6, 6.07) is 7.11. The highest BCUT2D eigenvalue weighted by Gasteiger charge is 2.62. The molecule has 0 radical (unpaired) electrons. The van der Waals surface area contributed by atoms with E-state index in [4.69, 9.17) is 10.5 Å². The van der Waals surface area contributed by atoms with E-state index in [2.05, 4.69) is 10.6 Å². The van der Waals surface area contributed by atoms with Crippen molar-refractivity contribution in [2.45, 2.75) is 38.8 Å². The Morgan fingerprint density at radius 2 is 2.08 bits per heavy atom. The van der Waals surface area contributed by atoms with Gasteiger partial charge in [0.25, 0.3) is 0 Å². The number of nitrogens with one attached hydrogen (secondary N) is 2. The highest BCUT2D eigenvalue weighted by Crippen LogP contribution is 2.50. The highest BCUT2D eigenvalue weighted by molar-refractivity contribution is 6.00. The zero-order valence-electron chi connectivity index (χ0n) is 15.0. The van der Waals surface area contributed by atoms with Crippen LogP contribution in [0.1, 0.15) is 27.2 Å². The molecule has 1 aromatic carbocycles. The molecule has 0 spiro atoms. The number of amides is 3. The van der Waals surface area contributed by atoms with Crippen LogP contribution in [-0.4, -0.2) is 43.3 Å². The van der Waals surface area contributed by atoms with Crippen molar-refractivity contribution in [1.29, 1.82) is 0 Å². The predicted molar refractivity (Wildman–Crippen MR) is 96.5 cm³/mol. The van der Waals surface area contributed by atoms with E-state index in [0.29, 0.717) is 31.8 Å². The van der Waals surface area contributed by atoms with Crippen LogP contribution in [0.3, 0.4) is 0 Å². The first-order valence-electron chi connectivity index (χ1n) is 8.67. The molecule has 2 atom stereocenters. The quantitative estimate of drug-likeness (QED) is 0.756. The van der Waals surface area contributed by atoms with Gasteiger partial charge in [0, 0.05) is 42.9 Å². The van der Waals surface area contributed by atoms with Crippen LogP contribution in [0.5, 0.6) is 0 Å². The third-order valence-electron chi connectivity index (χ3n) is 5.53. The Kier molecular flexibility index (Phi) is 4.47. The number of ether oxygens (including phenoxy) is 1. The fraction of sp³-hybridized carbons (Fsp3) is 0.556. The van der Waals surface area contributed by atoms with Crippen molar-refractivity contribution in [3.8, 4) is 0 Å².